The third-order valence-corrected chi connectivity index (χ3v) is 7.92. The number of hydrogen-bond acceptors (Lipinski definition) is 5. The molecular weight excluding hydrogens is 562 g/mol. The maximum Gasteiger partial charge on any atom is 0.320 e. The molecule has 6 rings (SSSR count). The van der Waals surface area contributed by atoms with E-state index in [0.717, 1.165) is 27.6 Å². The van der Waals surface area contributed by atoms with Crippen molar-refractivity contribution in [3.8, 4) is 0 Å². The van der Waals surface area contributed by atoms with Crippen LogP contribution in [0.25, 0.3) is 10.9 Å². The lowest BCUT2D eigenvalue weighted by Crippen LogP contribution is -2.51. The standard InChI is InChI=1S/C30H35N5O3.C7H8/c1-30(2,37)38-27-15-16-34(19-23-13-14-25-24(17-23)28(31)33-32-25)29(36)35(20-22-11-7-4-8-12-22)26(27)18-21-9-5-3-6-10-21;1-7-5-3-2-4-6-7/h3-14,17,26-27,37H,15-16,18-20H2,1-2H3,(H3,31,32,33);2-6H,1H3. The predicted molar refractivity (Wildman–Crippen MR) is 179 cm³/mol. The number of carbonyl (C=O) groups is 1. The maximum absolute atomic E-state index is 14.2. The van der Waals surface area contributed by atoms with Crippen LogP contribution in [0.2, 0.25) is 0 Å². The Bertz CT molecular complexity index is 1650. The van der Waals surface area contributed by atoms with Crippen LogP contribution in [0.4, 0.5) is 10.6 Å². The number of nitrogens with zero attached hydrogens (tertiary/aromatic N) is 3. The lowest BCUT2D eigenvalue weighted by Gasteiger charge is -2.38. The van der Waals surface area contributed by atoms with Crippen molar-refractivity contribution >= 4 is 22.8 Å². The number of ether oxygens (including phenoxy) is 1. The van der Waals surface area contributed by atoms with E-state index in [1.165, 1.54) is 5.56 Å². The Hall–Kier alpha value is -4.66. The van der Waals surface area contributed by atoms with Crippen LogP contribution in [0.15, 0.2) is 109 Å². The predicted octanol–water partition coefficient (Wildman–Crippen LogP) is 6.69. The lowest BCUT2D eigenvalue weighted by atomic mass is 9.97. The van der Waals surface area contributed by atoms with Crippen LogP contribution < -0.4 is 5.73 Å². The normalized spacial score (nSPS) is 17.1. The molecule has 0 radical (unpaired) electrons. The molecule has 4 aromatic carbocycles. The molecule has 1 saturated heterocycles. The van der Waals surface area contributed by atoms with Crippen molar-refractivity contribution in [1.82, 2.24) is 20.0 Å². The summed E-state index contributed by atoms with van der Waals surface area (Å²) in [5.41, 5.74) is 11.3. The summed E-state index contributed by atoms with van der Waals surface area (Å²) in [6, 6.07) is 36.0. The molecule has 0 spiro atoms. The summed E-state index contributed by atoms with van der Waals surface area (Å²) in [4.78, 5) is 18.0. The molecule has 2 amide bonds. The van der Waals surface area contributed by atoms with Crippen LogP contribution in [0.3, 0.4) is 0 Å². The van der Waals surface area contributed by atoms with E-state index in [0.29, 0.717) is 38.3 Å². The summed E-state index contributed by atoms with van der Waals surface area (Å²) in [7, 11) is 0. The number of benzene rings is 4. The number of nitrogen functional groups attached to an aromatic ring is 1. The molecule has 8 heteroatoms. The molecule has 0 aliphatic carbocycles. The van der Waals surface area contributed by atoms with Crippen LogP contribution in [0.1, 0.15) is 42.5 Å². The highest BCUT2D eigenvalue weighted by Crippen LogP contribution is 2.29. The first-order valence-electron chi connectivity index (χ1n) is 15.4. The number of aromatic nitrogens is 2. The molecule has 45 heavy (non-hydrogen) atoms. The molecule has 1 aliphatic rings. The summed E-state index contributed by atoms with van der Waals surface area (Å²) in [6.45, 7) is 6.73. The number of urea groups is 1. The fourth-order valence-electron chi connectivity index (χ4n) is 5.75. The maximum atomic E-state index is 14.2. The number of aliphatic hydroxyl groups is 1. The zero-order valence-corrected chi connectivity index (χ0v) is 26.3. The van der Waals surface area contributed by atoms with Gasteiger partial charge in [0, 0.05) is 25.0 Å². The Morgan fingerprint density at radius 3 is 2.11 bits per heavy atom. The van der Waals surface area contributed by atoms with E-state index < -0.39 is 5.79 Å². The average Bonchev–Trinajstić information content (AvgIpc) is 3.36. The molecule has 0 saturated carbocycles. The minimum atomic E-state index is -1.33. The highest BCUT2D eigenvalue weighted by molar-refractivity contribution is 5.89. The van der Waals surface area contributed by atoms with E-state index >= 15 is 0 Å². The summed E-state index contributed by atoms with van der Waals surface area (Å²) < 4.78 is 6.23. The van der Waals surface area contributed by atoms with E-state index in [1.807, 2.05) is 94.7 Å². The highest BCUT2D eigenvalue weighted by atomic mass is 16.6. The van der Waals surface area contributed by atoms with Crippen molar-refractivity contribution in [3.05, 3.63) is 131 Å². The number of fused-ring (bicyclic) bond motifs is 1. The monoisotopic (exact) mass is 605 g/mol. The van der Waals surface area contributed by atoms with Gasteiger partial charge in [0.15, 0.2) is 11.6 Å². The number of nitrogens with two attached hydrogens (primary N) is 1. The second-order valence-corrected chi connectivity index (χ2v) is 12.1. The van der Waals surface area contributed by atoms with E-state index in [4.69, 9.17) is 10.5 Å². The molecule has 1 fully saturated rings. The van der Waals surface area contributed by atoms with Gasteiger partial charge in [0.1, 0.15) is 0 Å². The van der Waals surface area contributed by atoms with Gasteiger partial charge in [-0.3, -0.25) is 5.10 Å². The van der Waals surface area contributed by atoms with Gasteiger partial charge in [-0.05, 0) is 62.4 Å². The third-order valence-electron chi connectivity index (χ3n) is 7.92. The highest BCUT2D eigenvalue weighted by Gasteiger charge is 2.39. The van der Waals surface area contributed by atoms with Crippen LogP contribution in [0, 0.1) is 6.92 Å². The third kappa shape index (κ3) is 8.71. The number of hydrogen-bond donors (Lipinski definition) is 3. The molecule has 8 nitrogen and oxygen atoms in total. The molecule has 2 unspecified atom stereocenters. The summed E-state index contributed by atoms with van der Waals surface area (Å²) in [6.07, 6.45) is 0.847. The van der Waals surface area contributed by atoms with E-state index in [1.54, 1.807) is 13.8 Å². The number of nitrogens with one attached hydrogen (secondary N) is 1. The minimum Gasteiger partial charge on any atom is -0.382 e. The molecule has 2 heterocycles. The second-order valence-electron chi connectivity index (χ2n) is 12.1. The van der Waals surface area contributed by atoms with Crippen molar-refractivity contribution in [1.29, 1.82) is 0 Å². The molecule has 5 aromatic rings. The number of amides is 2. The first-order valence-corrected chi connectivity index (χ1v) is 15.4. The van der Waals surface area contributed by atoms with Crippen molar-refractivity contribution in [2.75, 3.05) is 12.3 Å². The van der Waals surface area contributed by atoms with Gasteiger partial charge in [-0.1, -0.05) is 103 Å². The number of carbonyl (C=O) groups excluding carboxylic acids is 1. The lowest BCUT2D eigenvalue weighted by molar-refractivity contribution is -0.216. The van der Waals surface area contributed by atoms with Gasteiger partial charge in [0.05, 0.1) is 17.7 Å². The van der Waals surface area contributed by atoms with Crippen molar-refractivity contribution in [2.24, 2.45) is 0 Å². The van der Waals surface area contributed by atoms with E-state index in [2.05, 4.69) is 41.4 Å². The number of rotatable bonds is 8. The summed E-state index contributed by atoms with van der Waals surface area (Å²) in [5, 5.41) is 18.5. The van der Waals surface area contributed by atoms with E-state index in [-0.39, 0.29) is 18.2 Å². The minimum absolute atomic E-state index is 0.0584. The molecule has 4 N–H and O–H groups in total. The van der Waals surface area contributed by atoms with E-state index in [9.17, 15) is 9.90 Å². The van der Waals surface area contributed by atoms with Crippen LogP contribution in [0.5, 0.6) is 0 Å². The number of H-pyrrole nitrogens is 1. The molecule has 0 bridgehead atoms. The first-order chi connectivity index (χ1) is 21.7. The fourth-order valence-corrected chi connectivity index (χ4v) is 5.75. The van der Waals surface area contributed by atoms with Gasteiger partial charge in [0.25, 0.3) is 0 Å². The van der Waals surface area contributed by atoms with Gasteiger partial charge < -0.3 is 25.4 Å². The molecular formula is C37H43N5O3. The van der Waals surface area contributed by atoms with Gasteiger partial charge in [-0.15, -0.1) is 0 Å². The Morgan fingerprint density at radius 1 is 0.889 bits per heavy atom. The average molecular weight is 606 g/mol. The van der Waals surface area contributed by atoms with Gasteiger partial charge in [-0.25, -0.2) is 4.79 Å². The fraction of sp³-hybridized carbons (Fsp3) is 0.297. The molecule has 1 aliphatic heterocycles. The quantitative estimate of drug-likeness (QED) is 0.171. The van der Waals surface area contributed by atoms with Crippen LogP contribution in [-0.2, 0) is 24.2 Å². The topological polar surface area (TPSA) is 108 Å². The number of aryl methyl sites for hydroxylation is 1. The first kappa shape index (κ1) is 31.8. The SMILES string of the molecule is CC(C)(O)OC1CCN(Cc2ccc3[nH]nc(N)c3c2)C(=O)N(Cc2ccccc2)C1Cc1ccccc1.Cc1ccccc1. The number of anilines is 1. The van der Waals surface area contributed by atoms with Gasteiger partial charge in [0.2, 0.25) is 0 Å². The van der Waals surface area contributed by atoms with Crippen molar-refractivity contribution < 1.29 is 14.6 Å². The van der Waals surface area contributed by atoms with Crippen LogP contribution in [-0.4, -0.2) is 55.6 Å². The second kappa shape index (κ2) is 14.4. The molecule has 2 atom stereocenters. The van der Waals surface area contributed by atoms with Gasteiger partial charge >= 0.3 is 6.03 Å². The molecule has 1 aromatic heterocycles. The summed E-state index contributed by atoms with van der Waals surface area (Å²) in [5.74, 6) is -0.892. The zero-order chi connectivity index (χ0) is 31.8. The Labute approximate surface area is 265 Å². The van der Waals surface area contributed by atoms with Crippen LogP contribution >= 0.6 is 0 Å². The summed E-state index contributed by atoms with van der Waals surface area (Å²) >= 11 is 0. The van der Waals surface area contributed by atoms with Crippen molar-refractivity contribution in [3.63, 3.8) is 0 Å². The number of aromatic amines is 1. The van der Waals surface area contributed by atoms with Gasteiger partial charge in [-0.2, -0.15) is 5.10 Å². The smallest absolute Gasteiger partial charge is 0.320 e. The Balaban J connectivity index is 0.000000505. The zero-order valence-electron chi connectivity index (χ0n) is 26.3. The Morgan fingerprint density at radius 2 is 1.51 bits per heavy atom. The van der Waals surface area contributed by atoms with Crippen molar-refractivity contribution in [2.45, 2.75) is 64.6 Å². The molecule has 234 valence electrons. The largest absolute Gasteiger partial charge is 0.382 e. The Kier molecular flexibility index (Phi) is 10.2.